The molecule has 1 aromatic rings. The van der Waals surface area contributed by atoms with Crippen molar-refractivity contribution in [3.63, 3.8) is 0 Å². The molecule has 0 bridgehead atoms. The van der Waals surface area contributed by atoms with Gasteiger partial charge in [0, 0.05) is 17.7 Å². The van der Waals surface area contributed by atoms with E-state index in [9.17, 15) is 20.0 Å². The molecule has 0 saturated heterocycles. The Balaban J connectivity index is 1.96. The zero-order valence-electron chi connectivity index (χ0n) is 23.0. The highest BCUT2D eigenvalue weighted by molar-refractivity contribution is 8.24. The third-order valence-corrected chi connectivity index (χ3v) is 9.27. The van der Waals surface area contributed by atoms with E-state index in [1.165, 1.54) is 49.2 Å². The van der Waals surface area contributed by atoms with Gasteiger partial charge in [0.1, 0.15) is 11.8 Å². The quantitative estimate of drug-likeness (QED) is 0.110. The van der Waals surface area contributed by atoms with Crippen LogP contribution < -0.4 is 4.74 Å². The Morgan fingerprint density at radius 1 is 1.08 bits per heavy atom. The summed E-state index contributed by atoms with van der Waals surface area (Å²) in [5.74, 6) is 0.829. The highest BCUT2D eigenvalue weighted by Gasteiger charge is 2.30. The molecule has 2 unspecified atom stereocenters. The molecule has 2 atom stereocenters. The fourth-order valence-electron chi connectivity index (χ4n) is 3.83. The van der Waals surface area contributed by atoms with Gasteiger partial charge in [-0.05, 0) is 50.7 Å². The van der Waals surface area contributed by atoms with Crippen molar-refractivity contribution in [2.75, 3.05) is 6.61 Å². The fraction of sp³-hybridized carbons (Fsp3) is 0.621. The molecule has 0 saturated carbocycles. The van der Waals surface area contributed by atoms with E-state index in [4.69, 9.17) is 9.47 Å². The van der Waals surface area contributed by atoms with Crippen LogP contribution in [0.1, 0.15) is 91.5 Å². The van der Waals surface area contributed by atoms with Crippen LogP contribution in [0.3, 0.4) is 0 Å². The van der Waals surface area contributed by atoms with E-state index in [1.807, 2.05) is 19.1 Å². The Kier molecular flexibility index (Phi) is 12.5. The van der Waals surface area contributed by atoms with Crippen molar-refractivity contribution in [2.45, 2.75) is 108 Å². The maximum atomic E-state index is 12.6. The van der Waals surface area contributed by atoms with Gasteiger partial charge in [0.15, 0.2) is 5.57 Å². The van der Waals surface area contributed by atoms with Gasteiger partial charge >= 0.3 is 11.9 Å². The van der Waals surface area contributed by atoms with Gasteiger partial charge < -0.3 is 14.6 Å². The summed E-state index contributed by atoms with van der Waals surface area (Å²) in [7, 11) is 0. The zero-order chi connectivity index (χ0) is 27.6. The number of thioether (sulfide) groups is 2. The SMILES string of the molecule is CCC(C)CCCC(C)CCCC(=O)Oc1ccc(C)c2c1S/C(=C(\C#N)C(=O)OCCC(C)(C)O)S2. The third kappa shape index (κ3) is 10.4. The lowest BCUT2D eigenvalue weighted by molar-refractivity contribution is -0.139. The minimum absolute atomic E-state index is 0.0153. The molecule has 1 N–H and O–H groups in total. The first kappa shape index (κ1) is 31.3. The van der Waals surface area contributed by atoms with E-state index in [1.54, 1.807) is 19.9 Å². The van der Waals surface area contributed by atoms with Gasteiger partial charge in [-0.3, -0.25) is 4.79 Å². The van der Waals surface area contributed by atoms with Gasteiger partial charge in [-0.25, -0.2) is 4.79 Å². The van der Waals surface area contributed by atoms with Crippen LogP contribution >= 0.6 is 23.5 Å². The number of hydrogen-bond donors (Lipinski definition) is 1. The van der Waals surface area contributed by atoms with Crippen LogP contribution in [0.2, 0.25) is 0 Å². The number of hydrogen-bond acceptors (Lipinski definition) is 8. The van der Waals surface area contributed by atoms with Gasteiger partial charge in [-0.1, -0.05) is 82.5 Å². The summed E-state index contributed by atoms with van der Waals surface area (Å²) < 4.78 is 11.4. The van der Waals surface area contributed by atoms with Crippen molar-refractivity contribution in [1.82, 2.24) is 0 Å². The van der Waals surface area contributed by atoms with E-state index in [0.717, 1.165) is 34.1 Å². The van der Waals surface area contributed by atoms with Gasteiger partial charge in [0.05, 0.1) is 21.3 Å². The van der Waals surface area contributed by atoms with Crippen molar-refractivity contribution in [3.05, 3.63) is 27.5 Å². The number of aryl methyl sites for hydroxylation is 1. The number of nitriles is 1. The van der Waals surface area contributed by atoms with Crippen molar-refractivity contribution < 1.29 is 24.2 Å². The summed E-state index contributed by atoms with van der Waals surface area (Å²) in [6.07, 6.45) is 7.33. The largest absolute Gasteiger partial charge is 0.461 e. The molecular formula is C29H41NO5S2. The minimum atomic E-state index is -0.964. The molecular weight excluding hydrogens is 506 g/mol. The average molecular weight is 548 g/mol. The Bertz CT molecular complexity index is 1020. The lowest BCUT2D eigenvalue weighted by Gasteiger charge is -2.16. The Morgan fingerprint density at radius 2 is 1.73 bits per heavy atom. The number of nitrogens with zero attached hydrogens (tertiary/aromatic N) is 1. The first-order chi connectivity index (χ1) is 17.4. The summed E-state index contributed by atoms with van der Waals surface area (Å²) in [5.41, 5.74) is -0.0728. The Labute approximate surface area is 230 Å². The summed E-state index contributed by atoms with van der Waals surface area (Å²) in [6.45, 7) is 12.0. The van der Waals surface area contributed by atoms with Gasteiger partial charge in [0.2, 0.25) is 0 Å². The molecule has 1 aliphatic rings. The van der Waals surface area contributed by atoms with E-state index in [2.05, 4.69) is 20.8 Å². The van der Waals surface area contributed by atoms with Crippen molar-refractivity contribution in [3.8, 4) is 11.8 Å². The van der Waals surface area contributed by atoms with Gasteiger partial charge in [-0.15, -0.1) is 0 Å². The number of carbonyl (C=O) groups is 2. The highest BCUT2D eigenvalue weighted by atomic mass is 32.2. The van der Waals surface area contributed by atoms with Crippen LogP contribution in [0.5, 0.6) is 5.75 Å². The second-order valence-electron chi connectivity index (χ2n) is 10.6. The summed E-state index contributed by atoms with van der Waals surface area (Å²) in [6, 6.07) is 5.61. The van der Waals surface area contributed by atoms with E-state index in [0.29, 0.717) is 22.3 Å². The standard InChI is InChI=1S/C29H41NO5S2/c1-7-19(2)10-8-11-20(3)12-9-13-24(31)35-23-15-14-21(4)25-26(23)37-28(36-25)22(18-30)27(32)34-17-16-29(5,6)33/h14-15,19-20,33H,7-13,16-17H2,1-6H3/b28-22+. The number of rotatable bonds is 14. The molecule has 0 aromatic heterocycles. The fourth-order valence-corrected chi connectivity index (χ4v) is 6.46. The molecule has 37 heavy (non-hydrogen) atoms. The first-order valence-corrected chi connectivity index (χ1v) is 14.8. The number of ether oxygens (including phenoxy) is 2. The smallest absolute Gasteiger partial charge is 0.350 e. The lowest BCUT2D eigenvalue weighted by Crippen LogP contribution is -2.22. The summed E-state index contributed by atoms with van der Waals surface area (Å²) in [5, 5.41) is 19.5. The molecule has 0 radical (unpaired) electrons. The van der Waals surface area contributed by atoms with Crippen molar-refractivity contribution >= 4 is 35.5 Å². The zero-order valence-corrected chi connectivity index (χ0v) is 24.7. The molecule has 204 valence electrons. The van der Waals surface area contributed by atoms with E-state index >= 15 is 0 Å². The average Bonchev–Trinajstić information content (AvgIpc) is 3.26. The maximum Gasteiger partial charge on any atom is 0.350 e. The normalized spacial score (nSPS) is 15.9. The number of benzene rings is 1. The van der Waals surface area contributed by atoms with Crippen molar-refractivity contribution in [1.29, 1.82) is 5.26 Å². The second kappa shape index (κ2) is 14.8. The molecule has 1 aromatic carbocycles. The second-order valence-corrected chi connectivity index (χ2v) is 12.9. The molecule has 1 heterocycles. The van der Waals surface area contributed by atoms with Crippen LogP contribution in [0.4, 0.5) is 0 Å². The molecule has 6 nitrogen and oxygen atoms in total. The van der Waals surface area contributed by atoms with E-state index < -0.39 is 11.6 Å². The number of esters is 2. The van der Waals surface area contributed by atoms with E-state index in [-0.39, 0.29) is 24.6 Å². The molecule has 0 aliphatic carbocycles. The molecule has 0 amide bonds. The number of carbonyl (C=O) groups excluding carboxylic acids is 2. The van der Waals surface area contributed by atoms with Crippen LogP contribution in [0.15, 0.2) is 31.7 Å². The minimum Gasteiger partial charge on any atom is -0.461 e. The first-order valence-electron chi connectivity index (χ1n) is 13.2. The van der Waals surface area contributed by atoms with Crippen LogP contribution in [0, 0.1) is 30.1 Å². The van der Waals surface area contributed by atoms with Crippen LogP contribution in [-0.2, 0) is 14.3 Å². The monoisotopic (exact) mass is 547 g/mol. The summed E-state index contributed by atoms with van der Waals surface area (Å²) in [4.78, 5) is 26.8. The predicted octanol–water partition coefficient (Wildman–Crippen LogP) is 7.56. The van der Waals surface area contributed by atoms with Crippen molar-refractivity contribution in [2.24, 2.45) is 11.8 Å². The number of fused-ring (bicyclic) bond motifs is 1. The third-order valence-electron chi connectivity index (χ3n) is 6.52. The van der Waals surface area contributed by atoms with Crippen LogP contribution in [0.25, 0.3) is 0 Å². The highest BCUT2D eigenvalue weighted by Crippen LogP contribution is 2.56. The molecule has 1 aliphatic heterocycles. The maximum absolute atomic E-state index is 12.6. The lowest BCUT2D eigenvalue weighted by atomic mass is 9.94. The Hall–Kier alpha value is -1.95. The molecule has 0 fully saturated rings. The molecule has 2 rings (SSSR count). The van der Waals surface area contributed by atoms with Gasteiger partial charge in [-0.2, -0.15) is 5.26 Å². The number of aliphatic hydroxyl groups is 1. The Morgan fingerprint density at radius 3 is 2.38 bits per heavy atom. The van der Waals surface area contributed by atoms with Gasteiger partial charge in [0.25, 0.3) is 0 Å². The molecule has 0 spiro atoms. The summed E-state index contributed by atoms with van der Waals surface area (Å²) >= 11 is 2.57. The predicted molar refractivity (Wildman–Crippen MR) is 149 cm³/mol. The van der Waals surface area contributed by atoms with Crippen LogP contribution in [-0.4, -0.2) is 29.3 Å². The topological polar surface area (TPSA) is 96.6 Å². The molecule has 8 heteroatoms.